The van der Waals surface area contributed by atoms with Gasteiger partial charge in [0.25, 0.3) is 0 Å². The smallest absolute Gasteiger partial charge is 0.652 e. The molecule has 166 valence electrons. The van der Waals surface area contributed by atoms with Gasteiger partial charge in [-0.15, -0.1) is 42.3 Å². The molecule has 1 atom stereocenters. The molecule has 0 spiro atoms. The third kappa shape index (κ3) is 12.3. The van der Waals surface area contributed by atoms with E-state index in [1.165, 1.54) is 25.0 Å². The molecular formula is C29H36HfN2. The van der Waals surface area contributed by atoms with Crippen molar-refractivity contribution in [1.82, 2.24) is 4.98 Å². The minimum Gasteiger partial charge on any atom is -0.652 e. The molecule has 1 heterocycles. The average Bonchev–Trinajstić information content (AvgIpc) is 3.29. The third-order valence-electron chi connectivity index (χ3n) is 4.78. The van der Waals surface area contributed by atoms with Gasteiger partial charge in [0.2, 0.25) is 0 Å². The van der Waals surface area contributed by atoms with Crippen molar-refractivity contribution in [2.75, 3.05) is 0 Å². The minimum atomic E-state index is 0. The second-order valence-corrected chi connectivity index (χ2v) is 8.79. The summed E-state index contributed by atoms with van der Waals surface area (Å²) in [5.74, 6) is 0.574. The molecule has 2 nitrogen and oxygen atoms in total. The van der Waals surface area contributed by atoms with E-state index in [1.807, 2.05) is 60.7 Å². The number of hydrogen-bond donors (Lipinski definition) is 0. The first kappa shape index (κ1) is 28.2. The maximum absolute atomic E-state index is 4.73. The molecular weight excluding hydrogens is 555 g/mol. The quantitative estimate of drug-likeness (QED) is 0.225. The van der Waals surface area contributed by atoms with Gasteiger partial charge in [-0.2, -0.15) is 55.7 Å². The maximum Gasteiger partial charge on any atom is 4.00 e. The van der Waals surface area contributed by atoms with Gasteiger partial charge in [0.05, 0.1) is 0 Å². The van der Waals surface area contributed by atoms with Crippen molar-refractivity contribution in [2.45, 2.75) is 58.0 Å². The summed E-state index contributed by atoms with van der Waals surface area (Å²) in [6.07, 6.45) is 6.20. The Balaban J connectivity index is 0.000000282. The van der Waals surface area contributed by atoms with Crippen LogP contribution in [0.25, 0.3) is 5.32 Å². The molecule has 0 radical (unpaired) electrons. The molecule has 2 aromatic carbocycles. The normalized spacial score (nSPS) is 14.8. The van der Waals surface area contributed by atoms with E-state index in [1.54, 1.807) is 0 Å². The SMILES string of the molecule is CC(C)(C)[N-]Cc1cccc(C2[CH-]CCC2)n1.[CH2-]c1ccccc1.[CH2-]c1ccccc1.[Hf+4]. The van der Waals surface area contributed by atoms with Gasteiger partial charge in [-0.3, -0.25) is 4.98 Å². The van der Waals surface area contributed by atoms with Gasteiger partial charge >= 0.3 is 25.8 Å². The number of nitrogens with zero attached hydrogens (tertiary/aromatic N) is 2. The standard InChI is InChI=1S/C15H22N2.2C7H7.Hf/c1-15(2,3)16-11-13-9-6-10-14(17-13)12-7-4-5-8-12;2*1-7-5-3-2-4-6-7;/h6-7,9-10,12H,4-5,8,11H2,1-3H3;2*2-6H,1H2;/q-2;2*-1;+4. The van der Waals surface area contributed by atoms with E-state index in [-0.39, 0.29) is 31.4 Å². The van der Waals surface area contributed by atoms with Crippen LogP contribution in [0.1, 0.15) is 68.5 Å². The predicted molar refractivity (Wildman–Crippen MR) is 134 cm³/mol. The molecule has 0 saturated heterocycles. The van der Waals surface area contributed by atoms with Crippen LogP contribution in [-0.4, -0.2) is 10.5 Å². The van der Waals surface area contributed by atoms with Crippen molar-refractivity contribution in [1.29, 1.82) is 0 Å². The average molecular weight is 591 g/mol. The summed E-state index contributed by atoms with van der Waals surface area (Å²) in [4.78, 5) is 4.73. The molecule has 1 aliphatic rings. The van der Waals surface area contributed by atoms with Crippen molar-refractivity contribution < 1.29 is 25.8 Å². The number of hydrogen-bond acceptors (Lipinski definition) is 1. The van der Waals surface area contributed by atoms with Gasteiger partial charge in [0, 0.05) is 11.4 Å². The Morgan fingerprint density at radius 3 is 1.84 bits per heavy atom. The van der Waals surface area contributed by atoms with Crippen LogP contribution >= 0.6 is 0 Å². The van der Waals surface area contributed by atoms with Crippen LogP contribution in [0.15, 0.2) is 78.9 Å². The molecule has 32 heavy (non-hydrogen) atoms. The van der Waals surface area contributed by atoms with Gasteiger partial charge in [-0.05, 0) is 12.1 Å². The van der Waals surface area contributed by atoms with Crippen LogP contribution in [0.4, 0.5) is 0 Å². The van der Waals surface area contributed by atoms with E-state index in [9.17, 15) is 0 Å². The van der Waals surface area contributed by atoms with Crippen LogP contribution < -0.4 is 0 Å². The van der Waals surface area contributed by atoms with Gasteiger partial charge < -0.3 is 11.7 Å². The Kier molecular flexibility index (Phi) is 13.3. The Bertz CT molecular complexity index is 814. The van der Waals surface area contributed by atoms with E-state index in [0.717, 1.165) is 23.4 Å². The molecule has 3 aromatic rings. The van der Waals surface area contributed by atoms with Crippen LogP contribution in [0, 0.1) is 20.3 Å². The largest absolute Gasteiger partial charge is 4.00 e. The molecule has 3 heteroatoms. The van der Waals surface area contributed by atoms with Crippen LogP contribution in [0.5, 0.6) is 0 Å². The van der Waals surface area contributed by atoms with Crippen molar-refractivity contribution >= 4 is 0 Å². The summed E-state index contributed by atoms with van der Waals surface area (Å²) in [5.41, 5.74) is 4.49. The monoisotopic (exact) mass is 592 g/mol. The van der Waals surface area contributed by atoms with E-state index in [4.69, 9.17) is 4.98 Å². The molecule has 0 amide bonds. The van der Waals surface area contributed by atoms with E-state index in [0.29, 0.717) is 5.92 Å². The second-order valence-electron chi connectivity index (χ2n) is 8.79. The van der Waals surface area contributed by atoms with Crippen LogP contribution in [0.2, 0.25) is 0 Å². The first-order valence-corrected chi connectivity index (χ1v) is 11.1. The number of aromatic nitrogens is 1. The van der Waals surface area contributed by atoms with Gasteiger partial charge in [-0.1, -0.05) is 51.8 Å². The maximum atomic E-state index is 4.73. The first-order valence-electron chi connectivity index (χ1n) is 11.1. The van der Waals surface area contributed by atoms with E-state index >= 15 is 0 Å². The summed E-state index contributed by atoms with van der Waals surface area (Å²) in [5, 5.41) is 4.62. The predicted octanol–water partition coefficient (Wildman–Crippen LogP) is 7.96. The molecule has 1 unspecified atom stereocenters. The van der Waals surface area contributed by atoms with Crippen LogP contribution in [0.3, 0.4) is 0 Å². The fourth-order valence-electron chi connectivity index (χ4n) is 3.11. The van der Waals surface area contributed by atoms with Crippen LogP contribution in [-0.2, 0) is 32.4 Å². The van der Waals surface area contributed by atoms with Crippen molar-refractivity contribution in [2.24, 2.45) is 0 Å². The van der Waals surface area contributed by atoms with E-state index in [2.05, 4.69) is 64.6 Å². The zero-order chi connectivity index (χ0) is 22.5. The Morgan fingerprint density at radius 1 is 0.875 bits per heavy atom. The molecule has 0 bridgehead atoms. The fourth-order valence-corrected chi connectivity index (χ4v) is 3.11. The zero-order valence-corrected chi connectivity index (χ0v) is 23.4. The second kappa shape index (κ2) is 15.1. The van der Waals surface area contributed by atoms with Crippen molar-refractivity contribution in [3.8, 4) is 0 Å². The summed E-state index contributed by atoms with van der Waals surface area (Å²) in [7, 11) is 0. The Hall–Kier alpha value is -1.84. The van der Waals surface area contributed by atoms with Gasteiger partial charge in [0.15, 0.2) is 0 Å². The summed E-state index contributed by atoms with van der Waals surface area (Å²) >= 11 is 0. The molecule has 0 N–H and O–H groups in total. The summed E-state index contributed by atoms with van der Waals surface area (Å²) < 4.78 is 0. The Morgan fingerprint density at radius 2 is 1.44 bits per heavy atom. The molecule has 1 aromatic heterocycles. The number of rotatable bonds is 3. The van der Waals surface area contributed by atoms with Crippen molar-refractivity contribution in [3.05, 3.63) is 127 Å². The van der Waals surface area contributed by atoms with Gasteiger partial charge in [0.1, 0.15) is 0 Å². The number of pyridine rings is 1. The Labute approximate surface area is 215 Å². The molecule has 1 aliphatic carbocycles. The molecule has 0 aliphatic heterocycles. The first-order chi connectivity index (χ1) is 14.8. The summed E-state index contributed by atoms with van der Waals surface area (Å²) in [6.45, 7) is 14.5. The van der Waals surface area contributed by atoms with Crippen molar-refractivity contribution in [3.63, 3.8) is 0 Å². The molecule has 4 rings (SSSR count). The topological polar surface area (TPSA) is 27.0 Å². The summed E-state index contributed by atoms with van der Waals surface area (Å²) in [6, 6.07) is 26.1. The van der Waals surface area contributed by atoms with E-state index < -0.39 is 0 Å². The fraction of sp³-hybridized carbons (Fsp3) is 0.310. The third-order valence-corrected chi connectivity index (χ3v) is 4.78. The number of benzene rings is 2. The van der Waals surface area contributed by atoms with Gasteiger partial charge in [-0.25, -0.2) is 0 Å². The zero-order valence-electron chi connectivity index (χ0n) is 19.8. The molecule has 1 saturated carbocycles. The molecule has 1 fully saturated rings. The minimum absolute atomic E-state index is 0.